The van der Waals surface area contributed by atoms with E-state index >= 15 is 0 Å². The first-order valence-electron chi connectivity index (χ1n) is 20.7. The van der Waals surface area contributed by atoms with Crippen LogP contribution in [0.1, 0.15) is 106 Å². The number of aliphatic hydroxyl groups excluding tert-OH is 1. The first-order valence-corrected chi connectivity index (χ1v) is 20.7. The average molecular weight is 826 g/mol. The number of hydrogen-bond acceptors (Lipinski definition) is 13. The molecule has 2 saturated heterocycles. The van der Waals surface area contributed by atoms with Gasteiger partial charge in [0.15, 0.2) is 18.0 Å². The minimum absolute atomic E-state index is 0.0405. The summed E-state index contributed by atoms with van der Waals surface area (Å²) in [6, 6.07) is 7.32. The average Bonchev–Trinajstić information content (AvgIpc) is 3.12. The molecule has 2 heterocycles. The number of esters is 3. The van der Waals surface area contributed by atoms with Gasteiger partial charge in [0.1, 0.15) is 29.5 Å². The predicted molar refractivity (Wildman–Crippen MR) is 214 cm³/mol. The summed E-state index contributed by atoms with van der Waals surface area (Å²) in [4.78, 5) is 54.5. The van der Waals surface area contributed by atoms with Gasteiger partial charge in [0.05, 0.1) is 36.3 Å². The number of hydrogen-bond donors (Lipinski definition) is 3. The topological polar surface area (TPSA) is 185 Å². The molecule has 0 aromatic heterocycles. The standard InChI is InChI=1S/C45H63NO13/c1-13-32-55-30-20-31-44(22-53-31,58-26(6)47)35-37(57-38(49)27-17-15-14-16-18-27)45(52)21-29(24(4)33(42(45,10)11)25(5)36(56-32)43(30,35)12)54-39(50)34(48)28(19-23(2)3)46-40(51)59-41(7,8)9/h13-18,23,25,28-32,34-37,48,52H,1,19-22H2,2-12H3,(H,46,51)/t25?,28-,29-,30-,31+,32+,34+,35?,36-,37?,43+,44-,45+/m0/s1. The maximum absolute atomic E-state index is 14.4. The lowest BCUT2D eigenvalue weighted by Gasteiger charge is -2.71. The molecule has 0 radical (unpaired) electrons. The molecule has 3 N–H and O–H groups in total. The molecule has 14 heteroatoms. The van der Waals surface area contributed by atoms with Crippen LogP contribution in [0, 0.1) is 28.6 Å². The minimum atomic E-state index is -2.02. The lowest BCUT2D eigenvalue weighted by molar-refractivity contribution is -0.403. The van der Waals surface area contributed by atoms with Crippen LogP contribution in [0.15, 0.2) is 54.1 Å². The zero-order valence-electron chi connectivity index (χ0n) is 36.2. The molecule has 14 nitrogen and oxygen atoms in total. The molecule has 1 aromatic rings. The van der Waals surface area contributed by atoms with Gasteiger partial charge >= 0.3 is 24.0 Å². The number of ether oxygens (including phenoxy) is 7. The van der Waals surface area contributed by atoms with Crippen molar-refractivity contribution in [1.29, 1.82) is 0 Å². The summed E-state index contributed by atoms with van der Waals surface area (Å²) in [5, 5.41) is 28.0. The Morgan fingerprint density at radius 2 is 1.71 bits per heavy atom. The summed E-state index contributed by atoms with van der Waals surface area (Å²) in [6.45, 7) is 23.6. The van der Waals surface area contributed by atoms with Crippen molar-refractivity contribution < 1.29 is 62.5 Å². The summed E-state index contributed by atoms with van der Waals surface area (Å²) in [5.41, 5.74) is -4.96. The van der Waals surface area contributed by atoms with Gasteiger partial charge < -0.3 is 48.7 Å². The van der Waals surface area contributed by atoms with Crippen LogP contribution in [-0.4, -0.2) is 107 Å². The molecule has 326 valence electrons. The minimum Gasteiger partial charge on any atom is -0.456 e. The van der Waals surface area contributed by atoms with Crippen LogP contribution in [0.5, 0.6) is 0 Å². The van der Waals surface area contributed by atoms with Crippen molar-refractivity contribution >= 4 is 24.0 Å². The van der Waals surface area contributed by atoms with Gasteiger partial charge in [-0.15, -0.1) is 0 Å². The molecule has 2 bridgehead atoms. The maximum atomic E-state index is 14.4. The van der Waals surface area contributed by atoms with Crippen LogP contribution in [0.3, 0.4) is 0 Å². The molecular formula is C45H63NO13. The lowest BCUT2D eigenvalue weighted by atomic mass is 9.43. The Morgan fingerprint density at radius 3 is 2.27 bits per heavy atom. The van der Waals surface area contributed by atoms with E-state index in [0.29, 0.717) is 17.6 Å². The van der Waals surface area contributed by atoms with E-state index in [9.17, 15) is 29.4 Å². The van der Waals surface area contributed by atoms with Gasteiger partial charge in [0.25, 0.3) is 0 Å². The second-order valence-corrected chi connectivity index (χ2v) is 19.3. The smallest absolute Gasteiger partial charge is 0.407 e. The molecule has 4 fully saturated rings. The van der Waals surface area contributed by atoms with Crippen LogP contribution in [-0.2, 0) is 42.7 Å². The number of amides is 1. The van der Waals surface area contributed by atoms with E-state index < -0.39 is 112 Å². The molecule has 59 heavy (non-hydrogen) atoms. The first-order chi connectivity index (χ1) is 27.4. The third kappa shape index (κ3) is 7.73. The van der Waals surface area contributed by atoms with E-state index in [-0.39, 0.29) is 30.9 Å². The number of alkyl carbamates (subject to hydrolysis) is 1. The quantitative estimate of drug-likeness (QED) is 0.151. The van der Waals surface area contributed by atoms with Gasteiger partial charge in [-0.1, -0.05) is 71.9 Å². The third-order valence-electron chi connectivity index (χ3n) is 13.5. The molecule has 6 rings (SSSR count). The summed E-state index contributed by atoms with van der Waals surface area (Å²) in [7, 11) is 0. The highest BCUT2D eigenvalue weighted by molar-refractivity contribution is 5.89. The number of benzene rings is 1. The van der Waals surface area contributed by atoms with Crippen LogP contribution in [0.25, 0.3) is 0 Å². The molecule has 5 aliphatic rings. The molecule has 13 atom stereocenters. The molecule has 3 unspecified atom stereocenters. The number of rotatable bonds is 10. The van der Waals surface area contributed by atoms with Crippen LogP contribution in [0.4, 0.5) is 4.79 Å². The van der Waals surface area contributed by atoms with Gasteiger partial charge in [-0.05, 0) is 63.8 Å². The largest absolute Gasteiger partial charge is 0.456 e. The number of aliphatic hydroxyl groups is 2. The predicted octanol–water partition coefficient (Wildman–Crippen LogP) is 5.57. The van der Waals surface area contributed by atoms with Crippen molar-refractivity contribution in [3.05, 3.63) is 59.7 Å². The number of carbonyl (C=O) groups is 4. The van der Waals surface area contributed by atoms with Crippen molar-refractivity contribution in [2.75, 3.05) is 6.61 Å². The van der Waals surface area contributed by atoms with E-state index in [1.807, 2.05) is 48.5 Å². The van der Waals surface area contributed by atoms with Crippen molar-refractivity contribution in [1.82, 2.24) is 5.32 Å². The maximum Gasteiger partial charge on any atom is 0.407 e. The highest BCUT2D eigenvalue weighted by Crippen LogP contribution is 2.68. The van der Waals surface area contributed by atoms with E-state index in [4.69, 9.17) is 33.2 Å². The number of carbonyl (C=O) groups excluding carboxylic acids is 4. The zero-order chi connectivity index (χ0) is 43.6. The molecule has 0 spiro atoms. The fraction of sp³-hybridized carbons (Fsp3) is 0.689. The van der Waals surface area contributed by atoms with Crippen LogP contribution < -0.4 is 5.32 Å². The Balaban J connectivity index is 1.51. The van der Waals surface area contributed by atoms with E-state index in [0.717, 1.165) is 0 Å². The normalized spacial score (nSPS) is 36.8. The summed E-state index contributed by atoms with van der Waals surface area (Å²) >= 11 is 0. The van der Waals surface area contributed by atoms with Gasteiger partial charge in [-0.2, -0.15) is 0 Å². The Kier molecular flexibility index (Phi) is 12.1. The molecule has 1 aromatic carbocycles. The Hall–Kier alpha value is -3.82. The molecule has 1 amide bonds. The Bertz CT molecular complexity index is 1840. The van der Waals surface area contributed by atoms with Crippen LogP contribution >= 0.6 is 0 Å². The fourth-order valence-electron chi connectivity index (χ4n) is 11.0. The Morgan fingerprint density at radius 1 is 1.05 bits per heavy atom. The second-order valence-electron chi connectivity index (χ2n) is 19.3. The van der Waals surface area contributed by atoms with Crippen molar-refractivity contribution in [2.45, 2.75) is 161 Å². The highest BCUT2D eigenvalue weighted by atomic mass is 16.7. The fourth-order valence-corrected chi connectivity index (χ4v) is 11.0. The summed E-state index contributed by atoms with van der Waals surface area (Å²) in [6.07, 6.45) is -6.18. The van der Waals surface area contributed by atoms with Crippen molar-refractivity contribution in [3.8, 4) is 0 Å². The summed E-state index contributed by atoms with van der Waals surface area (Å²) < 4.78 is 44.1. The third-order valence-corrected chi connectivity index (χ3v) is 13.5. The van der Waals surface area contributed by atoms with Crippen molar-refractivity contribution in [3.63, 3.8) is 0 Å². The van der Waals surface area contributed by atoms with E-state index in [2.05, 4.69) is 11.9 Å². The SMILES string of the molecule is C=C[C@@H]1O[C@H]2C[C@H]3OC[C@@]3(OC(C)=O)C3C(OC(=O)c4ccccc4)[C@]4(O)C[C@H](OC(=O)[C@H](O)[C@H](CC(C)C)NC(=O)OC(C)(C)C)C(C)=C(C(C)[C@H](O1)[C@@]32C)C4(C)C. The molecule has 3 aliphatic carbocycles. The van der Waals surface area contributed by atoms with Gasteiger partial charge in [0.2, 0.25) is 0 Å². The lowest BCUT2D eigenvalue weighted by Crippen LogP contribution is -2.83. The Labute approximate surface area is 347 Å². The molecule has 2 saturated carbocycles. The zero-order valence-corrected chi connectivity index (χ0v) is 36.2. The van der Waals surface area contributed by atoms with Crippen molar-refractivity contribution in [2.24, 2.45) is 28.6 Å². The summed E-state index contributed by atoms with van der Waals surface area (Å²) in [5.74, 6) is -3.85. The second kappa shape index (κ2) is 15.9. The van der Waals surface area contributed by atoms with E-state index in [1.54, 1.807) is 57.2 Å². The van der Waals surface area contributed by atoms with Gasteiger partial charge in [-0.3, -0.25) is 4.79 Å². The monoisotopic (exact) mass is 825 g/mol. The van der Waals surface area contributed by atoms with Crippen LogP contribution in [0.2, 0.25) is 0 Å². The highest BCUT2D eigenvalue weighted by Gasteiger charge is 2.79. The van der Waals surface area contributed by atoms with Gasteiger partial charge in [0, 0.05) is 36.5 Å². The molecule has 2 aliphatic heterocycles. The molecular weight excluding hydrogens is 762 g/mol. The van der Waals surface area contributed by atoms with E-state index in [1.165, 1.54) is 6.92 Å². The van der Waals surface area contributed by atoms with Gasteiger partial charge in [-0.25, -0.2) is 14.4 Å². The number of nitrogens with one attached hydrogen (secondary N) is 1. The number of fused-ring (bicyclic) bond motifs is 4. The first kappa shape index (κ1) is 44.7.